The van der Waals surface area contributed by atoms with Crippen molar-refractivity contribution in [3.8, 4) is 0 Å². The molecule has 0 aliphatic heterocycles. The van der Waals surface area contributed by atoms with E-state index in [9.17, 15) is 0 Å². The lowest BCUT2D eigenvalue weighted by atomic mass is 10.0. The highest BCUT2D eigenvalue weighted by Crippen LogP contribution is 2.32. The first-order valence-corrected chi connectivity index (χ1v) is 6.34. The van der Waals surface area contributed by atoms with E-state index < -0.39 is 0 Å². The largest absolute Gasteiger partial charge is 0.396 e. The lowest BCUT2D eigenvalue weighted by molar-refractivity contribution is 0.504. The topological polar surface area (TPSA) is 42.1 Å². The van der Waals surface area contributed by atoms with E-state index in [1.54, 1.807) is 12.4 Å². The molecule has 1 heterocycles. The molecule has 1 atom stereocenters. The molecule has 4 heteroatoms. The van der Waals surface area contributed by atoms with Crippen molar-refractivity contribution in [3.05, 3.63) is 16.9 Å². The minimum Gasteiger partial charge on any atom is -0.396 e. The van der Waals surface area contributed by atoms with Gasteiger partial charge in [0, 0.05) is 19.3 Å². The van der Waals surface area contributed by atoms with Crippen molar-refractivity contribution in [3.63, 3.8) is 0 Å². The maximum Gasteiger partial charge on any atom is 0.0775 e. The Bertz CT molecular complexity index is 332. The van der Waals surface area contributed by atoms with Gasteiger partial charge in [0.2, 0.25) is 0 Å². The summed E-state index contributed by atoms with van der Waals surface area (Å²) in [6.07, 6.45) is 4.62. The first-order valence-electron chi connectivity index (χ1n) is 5.55. The van der Waals surface area contributed by atoms with Crippen LogP contribution < -0.4 is 10.6 Å². The zero-order chi connectivity index (χ0) is 12.3. The van der Waals surface area contributed by atoms with Crippen molar-refractivity contribution in [1.29, 1.82) is 0 Å². The van der Waals surface area contributed by atoms with E-state index in [0.717, 1.165) is 16.6 Å². The van der Waals surface area contributed by atoms with E-state index >= 15 is 0 Å². The van der Waals surface area contributed by atoms with Crippen molar-refractivity contribution in [2.75, 3.05) is 17.7 Å². The number of nitrogens with zero attached hydrogens (tertiary/aromatic N) is 2. The van der Waals surface area contributed by atoms with Crippen LogP contribution in [-0.2, 0) is 0 Å². The van der Waals surface area contributed by atoms with Crippen LogP contribution in [0.2, 0.25) is 0 Å². The van der Waals surface area contributed by atoms with Gasteiger partial charge < -0.3 is 10.6 Å². The molecule has 0 radical (unpaired) electrons. The Kier molecular flexibility index (Phi) is 4.59. The van der Waals surface area contributed by atoms with Crippen LogP contribution in [0, 0.1) is 5.92 Å². The fourth-order valence-electron chi connectivity index (χ4n) is 1.88. The number of nitrogens with two attached hydrogens (primary N) is 1. The predicted octanol–water partition coefficient (Wildman–Crippen LogP) is 3.30. The van der Waals surface area contributed by atoms with Crippen LogP contribution in [0.25, 0.3) is 0 Å². The van der Waals surface area contributed by atoms with Gasteiger partial charge >= 0.3 is 0 Å². The number of hydrogen-bond acceptors (Lipinski definition) is 3. The fourth-order valence-corrected chi connectivity index (χ4v) is 2.50. The SMILES string of the molecule is CC(C)CC(C)N(C)c1c(N)cncc1Br. The van der Waals surface area contributed by atoms with E-state index in [-0.39, 0.29) is 0 Å². The summed E-state index contributed by atoms with van der Waals surface area (Å²) in [5.41, 5.74) is 7.70. The van der Waals surface area contributed by atoms with Gasteiger partial charge in [0.05, 0.1) is 22.0 Å². The summed E-state index contributed by atoms with van der Waals surface area (Å²) in [4.78, 5) is 6.26. The summed E-state index contributed by atoms with van der Waals surface area (Å²) in [7, 11) is 2.07. The Morgan fingerprint density at radius 2 is 2.00 bits per heavy atom. The van der Waals surface area contributed by atoms with Crippen LogP contribution in [0.5, 0.6) is 0 Å². The lowest BCUT2D eigenvalue weighted by Crippen LogP contribution is -2.31. The summed E-state index contributed by atoms with van der Waals surface area (Å²) in [5.74, 6) is 0.680. The normalized spacial score (nSPS) is 12.9. The molecule has 1 aromatic heterocycles. The van der Waals surface area contributed by atoms with E-state index in [4.69, 9.17) is 5.73 Å². The van der Waals surface area contributed by atoms with Gasteiger partial charge in [-0.25, -0.2) is 0 Å². The standard InChI is InChI=1S/C12H20BrN3/c1-8(2)5-9(3)16(4)12-10(13)6-15-7-11(12)14/h6-9H,5,14H2,1-4H3. The monoisotopic (exact) mass is 285 g/mol. The maximum absolute atomic E-state index is 5.96. The molecule has 3 nitrogen and oxygen atoms in total. The Hall–Kier alpha value is -0.770. The Balaban J connectivity index is 2.91. The molecule has 0 bridgehead atoms. The van der Waals surface area contributed by atoms with Gasteiger partial charge in [0.1, 0.15) is 0 Å². The molecule has 1 unspecified atom stereocenters. The molecule has 0 aliphatic carbocycles. The Labute approximate surface area is 106 Å². The molecule has 0 spiro atoms. The molecular weight excluding hydrogens is 266 g/mol. The molecule has 0 aliphatic rings. The summed E-state index contributed by atoms with van der Waals surface area (Å²) in [6.45, 7) is 6.68. The van der Waals surface area contributed by atoms with E-state index in [1.807, 2.05) is 0 Å². The van der Waals surface area contributed by atoms with Crippen molar-refractivity contribution in [2.45, 2.75) is 33.2 Å². The predicted molar refractivity (Wildman–Crippen MR) is 73.7 cm³/mol. The number of pyridine rings is 1. The van der Waals surface area contributed by atoms with Crippen LogP contribution in [-0.4, -0.2) is 18.1 Å². The zero-order valence-corrected chi connectivity index (χ0v) is 12.0. The van der Waals surface area contributed by atoms with Crippen molar-refractivity contribution in [2.24, 2.45) is 5.92 Å². The van der Waals surface area contributed by atoms with Crippen molar-refractivity contribution in [1.82, 2.24) is 4.98 Å². The van der Waals surface area contributed by atoms with Crippen LogP contribution in [0.15, 0.2) is 16.9 Å². The van der Waals surface area contributed by atoms with Gasteiger partial charge in [-0.05, 0) is 35.2 Å². The van der Waals surface area contributed by atoms with Gasteiger partial charge in [0.25, 0.3) is 0 Å². The van der Waals surface area contributed by atoms with Gasteiger partial charge in [-0.1, -0.05) is 13.8 Å². The highest BCUT2D eigenvalue weighted by atomic mass is 79.9. The number of anilines is 2. The molecule has 0 aromatic carbocycles. The average Bonchev–Trinajstić information content (AvgIpc) is 2.16. The third-order valence-electron chi connectivity index (χ3n) is 2.73. The van der Waals surface area contributed by atoms with Gasteiger partial charge in [-0.15, -0.1) is 0 Å². The molecule has 1 aromatic rings. The molecule has 0 saturated carbocycles. The molecular formula is C12H20BrN3. The first-order chi connectivity index (χ1) is 7.43. The molecule has 90 valence electrons. The molecule has 0 saturated heterocycles. The third-order valence-corrected chi connectivity index (χ3v) is 3.31. The Morgan fingerprint density at radius 1 is 1.38 bits per heavy atom. The third kappa shape index (κ3) is 3.11. The summed E-state index contributed by atoms with van der Waals surface area (Å²) in [6, 6.07) is 0.459. The molecule has 0 amide bonds. The Morgan fingerprint density at radius 3 is 2.50 bits per heavy atom. The van der Waals surface area contributed by atoms with Gasteiger partial charge in [-0.3, -0.25) is 4.98 Å². The number of rotatable bonds is 4. The summed E-state index contributed by atoms with van der Waals surface area (Å²) in [5, 5.41) is 0. The minimum atomic E-state index is 0.459. The first kappa shape index (κ1) is 13.3. The number of nitrogen functional groups attached to an aromatic ring is 1. The second-order valence-electron chi connectivity index (χ2n) is 4.65. The number of halogens is 1. The van der Waals surface area contributed by atoms with Crippen LogP contribution >= 0.6 is 15.9 Å². The second-order valence-corrected chi connectivity index (χ2v) is 5.50. The minimum absolute atomic E-state index is 0.459. The van der Waals surface area contributed by atoms with Gasteiger partial charge in [0.15, 0.2) is 0 Å². The maximum atomic E-state index is 5.96. The second kappa shape index (κ2) is 5.53. The number of hydrogen-bond donors (Lipinski definition) is 1. The molecule has 2 N–H and O–H groups in total. The molecule has 1 rings (SSSR count). The molecule has 0 fully saturated rings. The zero-order valence-electron chi connectivity index (χ0n) is 10.4. The van der Waals surface area contributed by atoms with E-state index in [2.05, 4.69) is 53.6 Å². The molecule has 16 heavy (non-hydrogen) atoms. The summed E-state index contributed by atoms with van der Waals surface area (Å²) < 4.78 is 0.950. The summed E-state index contributed by atoms with van der Waals surface area (Å²) >= 11 is 3.50. The van der Waals surface area contributed by atoms with E-state index in [0.29, 0.717) is 17.6 Å². The average molecular weight is 286 g/mol. The van der Waals surface area contributed by atoms with Crippen LogP contribution in [0.3, 0.4) is 0 Å². The van der Waals surface area contributed by atoms with Crippen molar-refractivity contribution >= 4 is 27.3 Å². The highest BCUT2D eigenvalue weighted by Gasteiger charge is 2.16. The highest BCUT2D eigenvalue weighted by molar-refractivity contribution is 9.10. The van der Waals surface area contributed by atoms with Crippen LogP contribution in [0.4, 0.5) is 11.4 Å². The van der Waals surface area contributed by atoms with Crippen LogP contribution in [0.1, 0.15) is 27.2 Å². The van der Waals surface area contributed by atoms with Gasteiger partial charge in [-0.2, -0.15) is 0 Å². The number of aromatic nitrogens is 1. The lowest BCUT2D eigenvalue weighted by Gasteiger charge is -2.30. The smallest absolute Gasteiger partial charge is 0.0775 e. The quantitative estimate of drug-likeness (QED) is 0.923. The van der Waals surface area contributed by atoms with E-state index in [1.165, 1.54) is 0 Å². The fraction of sp³-hybridized carbons (Fsp3) is 0.583. The van der Waals surface area contributed by atoms with Crippen molar-refractivity contribution < 1.29 is 0 Å².